The first-order valence-electron chi connectivity index (χ1n) is 3.57. The van der Waals surface area contributed by atoms with E-state index in [1.54, 1.807) is 6.07 Å². The van der Waals surface area contributed by atoms with Crippen molar-refractivity contribution in [3.8, 4) is 0 Å². The van der Waals surface area contributed by atoms with Gasteiger partial charge in [0.25, 0.3) is 0 Å². The van der Waals surface area contributed by atoms with Crippen molar-refractivity contribution in [2.24, 2.45) is 5.73 Å². The van der Waals surface area contributed by atoms with Gasteiger partial charge in [0, 0.05) is 5.39 Å². The third-order valence-electron chi connectivity index (χ3n) is 1.75. The van der Waals surface area contributed by atoms with E-state index in [1.165, 1.54) is 4.57 Å². The highest BCUT2D eigenvalue weighted by Gasteiger charge is 2.03. The van der Waals surface area contributed by atoms with Gasteiger partial charge in [0.1, 0.15) is 0 Å². The van der Waals surface area contributed by atoms with E-state index in [0.717, 1.165) is 10.9 Å². The molecule has 2 rings (SSSR count). The van der Waals surface area contributed by atoms with Crippen LogP contribution in [0.2, 0.25) is 0 Å². The number of primary amides is 1. The number of para-hydroxylation sites is 1. The largest absolute Gasteiger partial charge is 0.351 e. The molecule has 59 valence electrons. The monoisotopic (exact) mass is 159 g/mol. The summed E-state index contributed by atoms with van der Waals surface area (Å²) in [6.45, 7) is 0. The quantitative estimate of drug-likeness (QED) is 0.620. The van der Waals surface area contributed by atoms with Crippen molar-refractivity contribution in [2.75, 3.05) is 0 Å². The van der Waals surface area contributed by atoms with E-state index in [1.807, 2.05) is 24.3 Å². The van der Waals surface area contributed by atoms with E-state index < -0.39 is 6.03 Å². The highest BCUT2D eigenvalue weighted by Crippen LogP contribution is 2.13. The van der Waals surface area contributed by atoms with Crippen LogP contribution in [0.1, 0.15) is 0 Å². The van der Waals surface area contributed by atoms with Gasteiger partial charge in [-0.2, -0.15) is 0 Å². The lowest BCUT2D eigenvalue weighted by molar-refractivity contribution is 0.251. The van der Waals surface area contributed by atoms with E-state index in [-0.39, 0.29) is 0 Å². The van der Waals surface area contributed by atoms with E-state index in [2.05, 4.69) is 6.20 Å². The molecule has 0 spiro atoms. The van der Waals surface area contributed by atoms with Crippen LogP contribution in [0.4, 0.5) is 4.79 Å². The van der Waals surface area contributed by atoms with Gasteiger partial charge in [-0.1, -0.05) is 18.2 Å². The van der Waals surface area contributed by atoms with Crippen LogP contribution in [-0.2, 0) is 0 Å². The molecule has 1 aromatic carbocycles. The van der Waals surface area contributed by atoms with Gasteiger partial charge in [0.15, 0.2) is 0 Å². The van der Waals surface area contributed by atoms with Crippen molar-refractivity contribution in [3.05, 3.63) is 36.5 Å². The normalized spacial score (nSPS) is 10.3. The second-order valence-corrected chi connectivity index (χ2v) is 2.51. The molecule has 0 unspecified atom stereocenters. The van der Waals surface area contributed by atoms with Crippen LogP contribution in [-0.4, -0.2) is 10.6 Å². The number of nitrogens with two attached hydrogens (primary N) is 1. The maximum absolute atomic E-state index is 10.8. The molecule has 12 heavy (non-hydrogen) atoms. The molecule has 1 radical (unpaired) electrons. The lowest BCUT2D eigenvalue weighted by Gasteiger charge is -1.96. The molecule has 0 atom stereocenters. The highest BCUT2D eigenvalue weighted by atomic mass is 16.2. The molecule has 3 nitrogen and oxygen atoms in total. The Hall–Kier alpha value is -1.77. The molecule has 0 fully saturated rings. The van der Waals surface area contributed by atoms with Crippen molar-refractivity contribution >= 4 is 16.9 Å². The van der Waals surface area contributed by atoms with Gasteiger partial charge in [0.05, 0.1) is 11.7 Å². The first kappa shape index (κ1) is 6.91. The van der Waals surface area contributed by atoms with Crippen molar-refractivity contribution in [3.63, 3.8) is 0 Å². The van der Waals surface area contributed by atoms with Crippen molar-refractivity contribution in [1.29, 1.82) is 0 Å². The number of fused-ring (bicyclic) bond motifs is 1. The Morgan fingerprint density at radius 2 is 2.17 bits per heavy atom. The molecule has 2 aromatic rings. The van der Waals surface area contributed by atoms with Gasteiger partial charge >= 0.3 is 6.03 Å². The number of rotatable bonds is 0. The van der Waals surface area contributed by atoms with Gasteiger partial charge in [-0.3, -0.25) is 4.57 Å². The number of carbonyl (C=O) groups excluding carboxylic acids is 1. The molecule has 3 heteroatoms. The van der Waals surface area contributed by atoms with Crippen LogP contribution in [0.3, 0.4) is 0 Å². The summed E-state index contributed by atoms with van der Waals surface area (Å²) < 4.78 is 1.30. The Morgan fingerprint density at radius 1 is 1.42 bits per heavy atom. The van der Waals surface area contributed by atoms with Crippen LogP contribution in [0.5, 0.6) is 0 Å². The number of hydrogen-bond donors (Lipinski definition) is 1. The van der Waals surface area contributed by atoms with Crippen LogP contribution in [0.15, 0.2) is 30.3 Å². The maximum atomic E-state index is 10.8. The number of benzene rings is 1. The van der Waals surface area contributed by atoms with Crippen LogP contribution < -0.4 is 5.73 Å². The molecule has 0 aliphatic carbocycles. The number of nitrogens with zero attached hydrogens (tertiary/aromatic N) is 1. The van der Waals surface area contributed by atoms with Crippen LogP contribution in [0.25, 0.3) is 10.9 Å². The summed E-state index contributed by atoms with van der Waals surface area (Å²) in [5.74, 6) is 0. The lowest BCUT2D eigenvalue weighted by atomic mass is 10.2. The molecule has 0 saturated heterocycles. The smallest absolute Gasteiger partial charge is 0.323 e. The fraction of sp³-hybridized carbons (Fsp3) is 0. The van der Waals surface area contributed by atoms with Gasteiger partial charge < -0.3 is 5.73 Å². The number of amides is 1. The first-order valence-corrected chi connectivity index (χ1v) is 3.57. The molecule has 0 bridgehead atoms. The third kappa shape index (κ3) is 0.871. The van der Waals surface area contributed by atoms with Gasteiger partial charge in [-0.05, 0) is 12.1 Å². The summed E-state index contributed by atoms with van der Waals surface area (Å²) >= 11 is 0. The number of carbonyl (C=O) groups is 1. The number of hydrogen-bond acceptors (Lipinski definition) is 1. The average molecular weight is 159 g/mol. The molecule has 1 heterocycles. The van der Waals surface area contributed by atoms with E-state index in [4.69, 9.17) is 5.73 Å². The zero-order valence-corrected chi connectivity index (χ0v) is 6.32. The first-order chi connectivity index (χ1) is 5.79. The van der Waals surface area contributed by atoms with Gasteiger partial charge in [-0.15, -0.1) is 0 Å². The molecule has 1 aromatic heterocycles. The van der Waals surface area contributed by atoms with Gasteiger partial charge in [0.2, 0.25) is 0 Å². The Bertz CT molecular complexity index is 431. The number of aromatic nitrogens is 1. The van der Waals surface area contributed by atoms with E-state index in [0.29, 0.717) is 0 Å². The minimum Gasteiger partial charge on any atom is -0.351 e. The molecule has 0 saturated carbocycles. The predicted molar refractivity (Wildman–Crippen MR) is 45.8 cm³/mol. The summed E-state index contributed by atoms with van der Waals surface area (Å²) in [4.78, 5) is 10.8. The second-order valence-electron chi connectivity index (χ2n) is 2.51. The van der Waals surface area contributed by atoms with E-state index in [9.17, 15) is 4.79 Å². The topological polar surface area (TPSA) is 48.0 Å². The average Bonchev–Trinajstić information content (AvgIpc) is 2.47. The van der Waals surface area contributed by atoms with Crippen molar-refractivity contribution in [2.45, 2.75) is 0 Å². The highest BCUT2D eigenvalue weighted by molar-refractivity contribution is 5.90. The molecule has 0 aliphatic rings. The third-order valence-corrected chi connectivity index (χ3v) is 1.75. The molecular weight excluding hydrogens is 152 g/mol. The van der Waals surface area contributed by atoms with Crippen molar-refractivity contribution < 1.29 is 4.79 Å². The molecular formula is C9H7N2O. The minimum absolute atomic E-state index is 0.504. The Morgan fingerprint density at radius 3 is 2.92 bits per heavy atom. The van der Waals surface area contributed by atoms with Crippen LogP contribution >= 0.6 is 0 Å². The minimum atomic E-state index is -0.504. The van der Waals surface area contributed by atoms with Gasteiger partial charge in [-0.25, -0.2) is 4.79 Å². The fourth-order valence-corrected chi connectivity index (χ4v) is 1.20. The zero-order valence-electron chi connectivity index (χ0n) is 6.32. The maximum Gasteiger partial charge on any atom is 0.323 e. The standard InChI is InChI=1S/C9H7N2O/c10-9(12)11-6-5-7-3-1-2-4-8(7)11/h1-5H,(H2,10,12). The zero-order chi connectivity index (χ0) is 8.55. The predicted octanol–water partition coefficient (Wildman–Crippen LogP) is 1.37. The van der Waals surface area contributed by atoms with Crippen LogP contribution in [0, 0.1) is 6.20 Å². The molecule has 2 N–H and O–H groups in total. The Balaban J connectivity index is 2.79. The summed E-state index contributed by atoms with van der Waals surface area (Å²) in [5, 5.41) is 0.969. The summed E-state index contributed by atoms with van der Waals surface area (Å²) in [6.07, 6.45) is 2.76. The SMILES string of the molecule is NC(=O)n1[c]cc2ccccc21. The van der Waals surface area contributed by atoms with Crippen molar-refractivity contribution in [1.82, 2.24) is 4.57 Å². The Kier molecular flexibility index (Phi) is 1.37. The fourth-order valence-electron chi connectivity index (χ4n) is 1.20. The summed E-state index contributed by atoms with van der Waals surface area (Å²) in [5.41, 5.74) is 5.91. The van der Waals surface area contributed by atoms with E-state index >= 15 is 0 Å². The second kappa shape index (κ2) is 2.37. The summed E-state index contributed by atoms with van der Waals surface area (Å²) in [7, 11) is 0. The lowest BCUT2D eigenvalue weighted by Crippen LogP contribution is -2.18. The molecule has 1 amide bonds. The Labute approximate surface area is 69.4 Å². The molecule has 0 aliphatic heterocycles. The summed E-state index contributed by atoms with van der Waals surface area (Å²) in [6, 6.07) is 8.73.